The van der Waals surface area contributed by atoms with Crippen LogP contribution in [-0.4, -0.2) is 59.4 Å². The van der Waals surface area contributed by atoms with Crippen molar-refractivity contribution >= 4 is 41.1 Å². The second-order valence-corrected chi connectivity index (χ2v) is 6.02. The second-order valence-electron chi connectivity index (χ2n) is 4.94. The van der Waals surface area contributed by atoms with Crippen LogP contribution in [0.4, 0.5) is 0 Å². The highest BCUT2D eigenvalue weighted by atomic mass is 35.5. The second kappa shape index (κ2) is 8.42. The number of amides is 1. The first-order chi connectivity index (χ1) is 10.8. The van der Waals surface area contributed by atoms with Gasteiger partial charge in [-0.3, -0.25) is 4.79 Å². The molecule has 126 valence electrons. The van der Waals surface area contributed by atoms with E-state index in [4.69, 9.17) is 9.47 Å². The van der Waals surface area contributed by atoms with E-state index in [1.165, 1.54) is 0 Å². The Morgan fingerprint density at radius 2 is 2.35 bits per heavy atom. The van der Waals surface area contributed by atoms with Crippen molar-refractivity contribution < 1.29 is 14.3 Å². The number of halogens is 1. The molecule has 23 heavy (non-hydrogen) atoms. The number of nitrogens with one attached hydrogen (secondary N) is 1. The molecule has 1 aliphatic heterocycles. The van der Waals surface area contributed by atoms with Gasteiger partial charge in [0.15, 0.2) is 5.16 Å². The molecule has 1 aromatic carbocycles. The van der Waals surface area contributed by atoms with Crippen LogP contribution in [0, 0.1) is 0 Å². The first-order valence-corrected chi connectivity index (χ1v) is 8.35. The van der Waals surface area contributed by atoms with Crippen molar-refractivity contribution in [1.82, 2.24) is 14.9 Å². The predicted octanol–water partition coefficient (Wildman–Crippen LogP) is 2.33. The summed E-state index contributed by atoms with van der Waals surface area (Å²) >= 11 is 1.62. The number of H-pyrrole nitrogens is 1. The Labute approximate surface area is 145 Å². The monoisotopic (exact) mass is 357 g/mol. The largest absolute Gasteiger partial charge is 0.494 e. The van der Waals surface area contributed by atoms with Gasteiger partial charge < -0.3 is 19.4 Å². The average molecular weight is 358 g/mol. The van der Waals surface area contributed by atoms with Gasteiger partial charge in [0.2, 0.25) is 5.91 Å². The van der Waals surface area contributed by atoms with Crippen molar-refractivity contribution in [3.05, 3.63) is 18.2 Å². The Morgan fingerprint density at radius 1 is 1.48 bits per heavy atom. The van der Waals surface area contributed by atoms with Crippen molar-refractivity contribution in [2.75, 3.05) is 38.7 Å². The quantitative estimate of drug-likeness (QED) is 0.804. The van der Waals surface area contributed by atoms with Gasteiger partial charge in [-0.2, -0.15) is 0 Å². The third-order valence-electron chi connectivity index (χ3n) is 3.43. The van der Waals surface area contributed by atoms with E-state index in [0.29, 0.717) is 26.3 Å². The summed E-state index contributed by atoms with van der Waals surface area (Å²) in [7, 11) is 0. The van der Waals surface area contributed by atoms with E-state index in [0.717, 1.165) is 27.7 Å². The first kappa shape index (κ1) is 17.9. The lowest BCUT2D eigenvalue weighted by Crippen LogP contribution is -2.42. The molecule has 1 N–H and O–H groups in total. The molecular weight excluding hydrogens is 338 g/mol. The van der Waals surface area contributed by atoms with E-state index < -0.39 is 0 Å². The third kappa shape index (κ3) is 4.53. The number of morpholine rings is 1. The van der Waals surface area contributed by atoms with Gasteiger partial charge in [-0.1, -0.05) is 11.8 Å². The van der Waals surface area contributed by atoms with E-state index in [9.17, 15) is 4.79 Å². The molecule has 3 rings (SSSR count). The Kier molecular flexibility index (Phi) is 6.56. The minimum Gasteiger partial charge on any atom is -0.494 e. The lowest BCUT2D eigenvalue weighted by molar-refractivity contribution is -0.142. The summed E-state index contributed by atoms with van der Waals surface area (Å²) in [6, 6.07) is 5.83. The summed E-state index contributed by atoms with van der Waals surface area (Å²) < 4.78 is 10.6. The Morgan fingerprint density at radius 3 is 3.13 bits per heavy atom. The molecule has 2 aromatic rings. The number of nitrogens with zero attached hydrogens (tertiary/aromatic N) is 2. The first-order valence-electron chi connectivity index (χ1n) is 7.37. The zero-order chi connectivity index (χ0) is 15.4. The van der Waals surface area contributed by atoms with Crippen molar-refractivity contribution in [2.24, 2.45) is 0 Å². The zero-order valence-corrected chi connectivity index (χ0v) is 14.5. The van der Waals surface area contributed by atoms with E-state index in [1.807, 2.05) is 30.0 Å². The molecule has 0 saturated carbocycles. The van der Waals surface area contributed by atoms with Gasteiger partial charge in [0.25, 0.3) is 0 Å². The standard InChI is InChI=1S/C15H19N3O3S.ClH/c1-2-21-11-3-4-12-13(9-11)17-15(16-12)22-8-6-18-5-7-20-10-14(18)19;/h3-4,9H,2,5-8,10H2,1H3,(H,16,17);1H. The Balaban J connectivity index is 0.00000192. The molecule has 1 aromatic heterocycles. The van der Waals surface area contributed by atoms with Crippen LogP contribution in [0.1, 0.15) is 6.92 Å². The maximum atomic E-state index is 11.6. The number of fused-ring (bicyclic) bond motifs is 1. The number of thioether (sulfide) groups is 1. The molecular formula is C15H20ClN3O3S. The number of ether oxygens (including phenoxy) is 2. The minimum absolute atomic E-state index is 0. The zero-order valence-electron chi connectivity index (χ0n) is 12.9. The molecule has 0 aliphatic carbocycles. The van der Waals surface area contributed by atoms with Crippen molar-refractivity contribution in [3.63, 3.8) is 0 Å². The van der Waals surface area contributed by atoms with Crippen molar-refractivity contribution in [3.8, 4) is 5.75 Å². The number of hydrogen-bond acceptors (Lipinski definition) is 5. The van der Waals surface area contributed by atoms with Crippen LogP contribution in [0.25, 0.3) is 11.0 Å². The van der Waals surface area contributed by atoms with E-state index >= 15 is 0 Å². The maximum Gasteiger partial charge on any atom is 0.248 e. The number of aromatic amines is 1. The van der Waals surface area contributed by atoms with Crippen LogP contribution >= 0.6 is 24.2 Å². The summed E-state index contributed by atoms with van der Waals surface area (Å²) in [6.45, 7) is 4.84. The highest BCUT2D eigenvalue weighted by molar-refractivity contribution is 7.99. The lowest BCUT2D eigenvalue weighted by atomic mass is 10.3. The molecule has 1 fully saturated rings. The maximum absolute atomic E-state index is 11.6. The van der Waals surface area contributed by atoms with Gasteiger partial charge in [-0.05, 0) is 19.1 Å². The number of rotatable bonds is 6. The van der Waals surface area contributed by atoms with E-state index in [-0.39, 0.29) is 24.9 Å². The highest BCUT2D eigenvalue weighted by Crippen LogP contribution is 2.23. The topological polar surface area (TPSA) is 67.5 Å². The minimum atomic E-state index is 0. The van der Waals surface area contributed by atoms with Crippen molar-refractivity contribution in [2.45, 2.75) is 12.1 Å². The van der Waals surface area contributed by atoms with E-state index in [1.54, 1.807) is 11.8 Å². The summed E-state index contributed by atoms with van der Waals surface area (Å²) in [5, 5.41) is 0.865. The molecule has 0 atom stereocenters. The van der Waals surface area contributed by atoms with Crippen LogP contribution < -0.4 is 4.74 Å². The highest BCUT2D eigenvalue weighted by Gasteiger charge is 2.18. The number of carbonyl (C=O) groups is 1. The molecule has 6 nitrogen and oxygen atoms in total. The van der Waals surface area contributed by atoms with Gasteiger partial charge >= 0.3 is 0 Å². The van der Waals surface area contributed by atoms with Gasteiger partial charge in [-0.15, -0.1) is 12.4 Å². The molecule has 1 aliphatic rings. The molecule has 0 spiro atoms. The molecule has 8 heteroatoms. The number of carbonyl (C=O) groups excluding carboxylic acids is 1. The molecule has 0 unspecified atom stereocenters. The summed E-state index contributed by atoms with van der Waals surface area (Å²) in [5.41, 5.74) is 1.89. The predicted molar refractivity (Wildman–Crippen MR) is 92.6 cm³/mol. The fourth-order valence-electron chi connectivity index (χ4n) is 2.33. The summed E-state index contributed by atoms with van der Waals surface area (Å²) in [6.07, 6.45) is 0. The molecule has 0 bridgehead atoms. The number of benzene rings is 1. The third-order valence-corrected chi connectivity index (χ3v) is 4.28. The van der Waals surface area contributed by atoms with Crippen LogP contribution in [0.5, 0.6) is 5.75 Å². The van der Waals surface area contributed by atoms with Crippen LogP contribution in [0.3, 0.4) is 0 Å². The number of aromatic nitrogens is 2. The van der Waals surface area contributed by atoms with Gasteiger partial charge in [0, 0.05) is 24.9 Å². The molecule has 1 amide bonds. The fraction of sp³-hybridized carbons (Fsp3) is 0.467. The summed E-state index contributed by atoms with van der Waals surface area (Å²) in [5.74, 6) is 1.72. The molecule has 0 radical (unpaired) electrons. The van der Waals surface area contributed by atoms with Crippen LogP contribution in [0.15, 0.2) is 23.4 Å². The smallest absolute Gasteiger partial charge is 0.248 e. The molecule has 2 heterocycles. The van der Waals surface area contributed by atoms with Gasteiger partial charge in [0.1, 0.15) is 12.4 Å². The fourth-order valence-corrected chi connectivity index (χ4v) is 3.18. The van der Waals surface area contributed by atoms with Gasteiger partial charge in [0.05, 0.1) is 24.2 Å². The molecule has 1 saturated heterocycles. The van der Waals surface area contributed by atoms with Crippen LogP contribution in [-0.2, 0) is 9.53 Å². The summed E-state index contributed by atoms with van der Waals surface area (Å²) in [4.78, 5) is 21.3. The van der Waals surface area contributed by atoms with Crippen molar-refractivity contribution in [1.29, 1.82) is 0 Å². The number of imidazole rings is 1. The average Bonchev–Trinajstić information content (AvgIpc) is 2.91. The Bertz CT molecular complexity index is 664. The van der Waals surface area contributed by atoms with E-state index in [2.05, 4.69) is 9.97 Å². The lowest BCUT2D eigenvalue weighted by Gasteiger charge is -2.26. The normalized spacial score (nSPS) is 14.8. The SMILES string of the molecule is CCOc1ccc2nc(SCCN3CCOCC3=O)[nH]c2c1.Cl. The van der Waals surface area contributed by atoms with Crippen LogP contribution in [0.2, 0.25) is 0 Å². The Hall–Kier alpha value is -1.44. The van der Waals surface area contributed by atoms with Gasteiger partial charge in [-0.25, -0.2) is 4.98 Å². The number of hydrogen-bond donors (Lipinski definition) is 1.